The second-order valence-corrected chi connectivity index (χ2v) is 11.5. The Labute approximate surface area is 231 Å². The van der Waals surface area contributed by atoms with Crippen LogP contribution in [0.5, 0.6) is 11.5 Å². The molecular weight excluding hydrogens is 508 g/mol. The Morgan fingerprint density at radius 1 is 0.795 bits per heavy atom. The van der Waals surface area contributed by atoms with Crippen LogP contribution in [0, 0.1) is 0 Å². The predicted octanol–water partition coefficient (Wildman–Crippen LogP) is 6.14. The topological polar surface area (TPSA) is 59.1 Å². The fourth-order valence-electron chi connectivity index (χ4n) is 5.17. The van der Waals surface area contributed by atoms with Crippen molar-refractivity contribution in [2.75, 3.05) is 31.6 Å². The number of anilines is 1. The number of sulfonamides is 1. The highest BCUT2D eigenvalue weighted by Gasteiger charge is 2.23. The molecule has 0 aromatic heterocycles. The van der Waals surface area contributed by atoms with Gasteiger partial charge in [0.25, 0.3) is 10.0 Å². The lowest BCUT2D eigenvalue weighted by Crippen LogP contribution is -2.30. The van der Waals surface area contributed by atoms with Gasteiger partial charge in [-0.2, -0.15) is 0 Å². The molecule has 0 N–H and O–H groups in total. The average Bonchev–Trinajstić information content (AvgIpc) is 2.98. The number of hydrogen-bond donors (Lipinski definition) is 0. The van der Waals surface area contributed by atoms with E-state index in [0.717, 1.165) is 48.7 Å². The van der Waals surface area contributed by atoms with Crippen LogP contribution < -0.4 is 13.8 Å². The summed E-state index contributed by atoms with van der Waals surface area (Å²) < 4.78 is 38.7. The summed E-state index contributed by atoms with van der Waals surface area (Å²) in [5, 5.41) is 0. The molecule has 0 bridgehead atoms. The van der Waals surface area contributed by atoms with Crippen molar-refractivity contribution in [3.8, 4) is 22.6 Å². The first-order valence-corrected chi connectivity index (χ1v) is 14.6. The maximum atomic E-state index is 13.2. The van der Waals surface area contributed by atoms with Crippen molar-refractivity contribution in [1.82, 2.24) is 4.90 Å². The molecule has 0 atom stereocenters. The Kier molecular flexibility index (Phi) is 7.91. The summed E-state index contributed by atoms with van der Waals surface area (Å²) in [6.45, 7) is 4.94. The zero-order valence-corrected chi connectivity index (χ0v) is 23.4. The van der Waals surface area contributed by atoms with Crippen molar-refractivity contribution in [2.45, 2.75) is 31.3 Å². The second kappa shape index (κ2) is 11.5. The van der Waals surface area contributed by atoms with Gasteiger partial charge in [-0.25, -0.2) is 8.42 Å². The van der Waals surface area contributed by atoms with Crippen LogP contribution in [0.15, 0.2) is 95.9 Å². The maximum Gasteiger partial charge on any atom is 0.264 e. The molecule has 0 spiro atoms. The third-order valence-corrected chi connectivity index (χ3v) is 9.18. The summed E-state index contributed by atoms with van der Waals surface area (Å²) in [5.74, 6) is 1.56. The Hall–Kier alpha value is -3.81. The molecule has 0 aliphatic carbocycles. The molecule has 1 aliphatic heterocycles. The van der Waals surface area contributed by atoms with Gasteiger partial charge in [0.05, 0.1) is 24.8 Å². The first kappa shape index (κ1) is 26.8. The smallest absolute Gasteiger partial charge is 0.264 e. The van der Waals surface area contributed by atoms with Gasteiger partial charge in [0.15, 0.2) is 11.5 Å². The van der Waals surface area contributed by atoms with Crippen molar-refractivity contribution in [3.63, 3.8) is 0 Å². The van der Waals surface area contributed by atoms with E-state index in [1.54, 1.807) is 38.5 Å². The van der Waals surface area contributed by atoms with E-state index < -0.39 is 10.0 Å². The van der Waals surface area contributed by atoms with Crippen LogP contribution >= 0.6 is 0 Å². The Balaban J connectivity index is 1.27. The standard InChI is InChI=1S/C32H34N2O4S/c1-4-34(39(35,36)30-8-6-5-7-9-30)29-16-14-26(15-17-29)25-12-10-24(11-13-25)22-33-19-18-27-20-31(37-2)32(38-3)21-28(27)23-33/h5-17,20-21H,4,18-19,22-23H2,1-3H3. The van der Waals surface area contributed by atoms with E-state index in [9.17, 15) is 8.42 Å². The van der Waals surface area contributed by atoms with Crippen LogP contribution in [0.25, 0.3) is 11.1 Å². The van der Waals surface area contributed by atoms with Crippen LogP contribution in [-0.4, -0.2) is 40.6 Å². The molecule has 1 heterocycles. The Morgan fingerprint density at radius 2 is 1.38 bits per heavy atom. The quantitative estimate of drug-likeness (QED) is 0.254. The molecule has 6 nitrogen and oxygen atoms in total. The molecule has 0 saturated heterocycles. The number of ether oxygens (including phenoxy) is 2. The van der Waals surface area contributed by atoms with Crippen LogP contribution in [0.1, 0.15) is 23.6 Å². The maximum absolute atomic E-state index is 13.2. The van der Waals surface area contributed by atoms with Gasteiger partial charge in [-0.1, -0.05) is 54.6 Å². The van der Waals surface area contributed by atoms with E-state index in [4.69, 9.17) is 9.47 Å². The van der Waals surface area contributed by atoms with Crippen LogP contribution in [-0.2, 0) is 29.5 Å². The molecular formula is C32H34N2O4S. The molecule has 0 unspecified atom stereocenters. The van der Waals surface area contributed by atoms with Gasteiger partial charge in [-0.15, -0.1) is 0 Å². The molecule has 0 fully saturated rings. The van der Waals surface area contributed by atoms with Gasteiger partial charge < -0.3 is 9.47 Å². The second-order valence-electron chi connectivity index (χ2n) is 9.66. The summed E-state index contributed by atoms with van der Waals surface area (Å²) >= 11 is 0. The summed E-state index contributed by atoms with van der Waals surface area (Å²) in [6, 6.07) is 29.1. The molecule has 1 aliphatic rings. The van der Waals surface area contributed by atoms with Gasteiger partial charge >= 0.3 is 0 Å². The van der Waals surface area contributed by atoms with Crippen molar-refractivity contribution in [3.05, 3.63) is 108 Å². The normalized spacial score (nSPS) is 13.5. The van der Waals surface area contributed by atoms with Crippen LogP contribution in [0.3, 0.4) is 0 Å². The Morgan fingerprint density at radius 3 is 1.97 bits per heavy atom. The van der Waals surface area contributed by atoms with Gasteiger partial charge in [0, 0.05) is 26.2 Å². The minimum Gasteiger partial charge on any atom is -0.493 e. The predicted molar refractivity (Wildman–Crippen MR) is 156 cm³/mol. The van der Waals surface area contributed by atoms with Crippen molar-refractivity contribution in [2.24, 2.45) is 0 Å². The molecule has 4 aromatic carbocycles. The van der Waals surface area contributed by atoms with Crippen LogP contribution in [0.4, 0.5) is 5.69 Å². The number of rotatable bonds is 9. The van der Waals surface area contributed by atoms with Gasteiger partial charge in [0.1, 0.15) is 0 Å². The van der Waals surface area contributed by atoms with Gasteiger partial charge in [0.2, 0.25) is 0 Å². The Bertz CT molecular complexity index is 1520. The largest absolute Gasteiger partial charge is 0.493 e. The first-order chi connectivity index (χ1) is 18.9. The molecule has 4 aromatic rings. The lowest BCUT2D eigenvalue weighted by molar-refractivity contribution is 0.244. The third kappa shape index (κ3) is 5.65. The zero-order chi connectivity index (χ0) is 27.4. The number of nitrogens with zero attached hydrogens (tertiary/aromatic N) is 2. The summed E-state index contributed by atoms with van der Waals surface area (Å²) in [6.07, 6.45) is 0.981. The fraction of sp³-hybridized carbons (Fsp3) is 0.250. The molecule has 39 heavy (non-hydrogen) atoms. The molecule has 0 radical (unpaired) electrons. The first-order valence-electron chi connectivity index (χ1n) is 13.2. The molecule has 0 saturated carbocycles. The number of benzene rings is 4. The highest BCUT2D eigenvalue weighted by Crippen LogP contribution is 2.34. The minimum atomic E-state index is -3.61. The van der Waals surface area contributed by atoms with Gasteiger partial charge in [-0.05, 0) is 77.6 Å². The lowest BCUT2D eigenvalue weighted by atomic mass is 9.98. The molecule has 202 valence electrons. The number of fused-ring (bicyclic) bond motifs is 1. The highest BCUT2D eigenvalue weighted by atomic mass is 32.2. The number of methoxy groups -OCH3 is 2. The monoisotopic (exact) mass is 542 g/mol. The fourth-order valence-corrected chi connectivity index (χ4v) is 6.66. The lowest BCUT2D eigenvalue weighted by Gasteiger charge is -2.29. The van der Waals surface area contributed by atoms with E-state index in [0.29, 0.717) is 17.1 Å². The van der Waals surface area contributed by atoms with Crippen molar-refractivity contribution in [1.29, 1.82) is 0 Å². The minimum absolute atomic E-state index is 0.294. The summed E-state index contributed by atoms with van der Waals surface area (Å²) in [4.78, 5) is 2.74. The van der Waals surface area contributed by atoms with E-state index in [1.165, 1.54) is 21.0 Å². The highest BCUT2D eigenvalue weighted by molar-refractivity contribution is 7.92. The van der Waals surface area contributed by atoms with E-state index in [1.807, 2.05) is 37.3 Å². The van der Waals surface area contributed by atoms with Crippen molar-refractivity contribution < 1.29 is 17.9 Å². The van der Waals surface area contributed by atoms with E-state index in [2.05, 4.69) is 41.3 Å². The van der Waals surface area contributed by atoms with E-state index >= 15 is 0 Å². The van der Waals surface area contributed by atoms with Gasteiger partial charge in [-0.3, -0.25) is 9.21 Å². The number of hydrogen-bond acceptors (Lipinski definition) is 5. The average molecular weight is 543 g/mol. The molecule has 0 amide bonds. The zero-order valence-electron chi connectivity index (χ0n) is 22.6. The van der Waals surface area contributed by atoms with Crippen LogP contribution in [0.2, 0.25) is 0 Å². The summed E-state index contributed by atoms with van der Waals surface area (Å²) in [5.41, 5.74) is 6.66. The third-order valence-electron chi connectivity index (χ3n) is 7.26. The van der Waals surface area contributed by atoms with E-state index in [-0.39, 0.29) is 0 Å². The van der Waals surface area contributed by atoms with Crippen molar-refractivity contribution >= 4 is 15.7 Å². The molecule has 5 rings (SSSR count). The summed E-state index contributed by atoms with van der Waals surface area (Å²) in [7, 11) is -0.265. The molecule has 7 heteroatoms. The SMILES string of the molecule is CCN(c1ccc(-c2ccc(CN3CCc4cc(OC)c(OC)cc4C3)cc2)cc1)S(=O)(=O)c1ccccc1.